The summed E-state index contributed by atoms with van der Waals surface area (Å²) < 4.78 is 13.7. The average molecular weight is 653 g/mol. The van der Waals surface area contributed by atoms with Gasteiger partial charge in [0.2, 0.25) is 0 Å². The van der Waals surface area contributed by atoms with Gasteiger partial charge in [0.15, 0.2) is 0 Å². The number of nitrogens with zero attached hydrogens (tertiary/aromatic N) is 4. The number of aromatic nitrogens is 4. The monoisotopic (exact) mass is 652 g/mol. The van der Waals surface area contributed by atoms with E-state index in [1.165, 1.54) is 5.57 Å². The van der Waals surface area contributed by atoms with Crippen molar-refractivity contribution >= 4 is 11.9 Å². The maximum atomic E-state index is 13.4. The molecule has 0 amide bonds. The molecule has 5 aliphatic carbocycles. The number of fused-ring (bicyclic) bond motifs is 3. The molecule has 1 saturated heterocycles. The summed E-state index contributed by atoms with van der Waals surface area (Å²) in [6, 6.07) is -0.163. The highest BCUT2D eigenvalue weighted by Gasteiger charge is 2.72. The lowest BCUT2D eigenvalue weighted by atomic mass is 9.34. The highest BCUT2D eigenvalue weighted by atomic mass is 16.5. The Labute approximate surface area is 281 Å². The number of hydrogen-bond acceptors (Lipinski definition) is 8. The molecular weight excluding hydrogens is 592 g/mol. The molecule has 262 valence electrons. The number of tetrazole rings is 1. The highest BCUT2D eigenvalue weighted by molar-refractivity contribution is 5.73. The first-order valence-electron chi connectivity index (χ1n) is 18.5. The van der Waals surface area contributed by atoms with E-state index in [-0.39, 0.29) is 50.7 Å². The Kier molecular flexibility index (Phi) is 7.82. The van der Waals surface area contributed by atoms with Gasteiger partial charge in [0.25, 0.3) is 5.95 Å². The largest absolute Gasteiger partial charge is 0.481 e. The van der Waals surface area contributed by atoms with Crippen LogP contribution < -0.4 is 11.5 Å². The van der Waals surface area contributed by atoms with Crippen molar-refractivity contribution in [3.05, 3.63) is 11.6 Å². The number of carbonyl (C=O) groups is 1. The van der Waals surface area contributed by atoms with Crippen molar-refractivity contribution in [3.63, 3.8) is 0 Å². The van der Waals surface area contributed by atoms with Crippen LogP contribution in [0.4, 0.5) is 5.95 Å². The Morgan fingerprint density at radius 1 is 1.09 bits per heavy atom. The Hall–Kier alpha value is -2.04. The van der Waals surface area contributed by atoms with E-state index in [0.717, 1.165) is 64.2 Å². The van der Waals surface area contributed by atoms with Gasteiger partial charge in [0, 0.05) is 16.4 Å². The van der Waals surface area contributed by atoms with Gasteiger partial charge in [-0.2, -0.15) is 4.80 Å². The number of nitrogens with two attached hydrogens (primary N) is 2. The van der Waals surface area contributed by atoms with Gasteiger partial charge < -0.3 is 26.0 Å². The molecule has 7 rings (SSSR count). The van der Waals surface area contributed by atoms with Crippen molar-refractivity contribution in [2.24, 2.45) is 62.4 Å². The molecule has 1 aromatic heterocycles. The number of ether oxygens (including phenoxy) is 2. The number of rotatable bonds is 7. The summed E-state index contributed by atoms with van der Waals surface area (Å²) in [6.45, 7) is 17.9. The zero-order valence-electron chi connectivity index (χ0n) is 29.9. The minimum absolute atomic E-state index is 0.142. The molecule has 11 atom stereocenters. The molecule has 47 heavy (non-hydrogen) atoms. The van der Waals surface area contributed by atoms with E-state index >= 15 is 0 Å². The van der Waals surface area contributed by atoms with E-state index < -0.39 is 11.9 Å². The molecule has 1 aromatic rings. The van der Waals surface area contributed by atoms with E-state index in [0.29, 0.717) is 43.5 Å². The van der Waals surface area contributed by atoms with Crippen LogP contribution in [0.1, 0.15) is 119 Å². The van der Waals surface area contributed by atoms with E-state index in [2.05, 4.69) is 70.0 Å². The third kappa shape index (κ3) is 4.58. The number of hydrogen-bond donors (Lipinski definition) is 3. The zero-order chi connectivity index (χ0) is 33.8. The van der Waals surface area contributed by atoms with Crippen molar-refractivity contribution in [2.45, 2.75) is 130 Å². The van der Waals surface area contributed by atoms with Crippen molar-refractivity contribution in [1.29, 1.82) is 0 Å². The number of carboxylic acids is 1. The van der Waals surface area contributed by atoms with Gasteiger partial charge in [0.05, 0.1) is 31.8 Å². The maximum absolute atomic E-state index is 13.4. The number of allylic oxidation sites excluding steroid dienone is 1. The Morgan fingerprint density at radius 2 is 1.81 bits per heavy atom. The molecule has 1 aliphatic heterocycles. The second-order valence-corrected chi connectivity index (χ2v) is 18.4. The molecule has 4 saturated carbocycles. The number of carboxylic acid groups (broad SMARTS) is 1. The van der Waals surface area contributed by atoms with Gasteiger partial charge in [-0.25, -0.2) is 0 Å². The Balaban J connectivity index is 1.30. The van der Waals surface area contributed by atoms with Crippen LogP contribution in [0.5, 0.6) is 0 Å². The number of anilines is 1. The topological polar surface area (TPSA) is 151 Å². The van der Waals surface area contributed by atoms with Crippen LogP contribution in [-0.4, -0.2) is 62.7 Å². The molecule has 2 heterocycles. The first-order valence-corrected chi connectivity index (χ1v) is 18.5. The minimum atomic E-state index is -0.627. The third-order valence-corrected chi connectivity index (χ3v) is 16.0. The first-order chi connectivity index (χ1) is 22.0. The zero-order valence-corrected chi connectivity index (χ0v) is 29.9. The van der Waals surface area contributed by atoms with Gasteiger partial charge in [-0.1, -0.05) is 78.1 Å². The van der Waals surface area contributed by atoms with Crippen LogP contribution in [0.25, 0.3) is 0 Å². The predicted octanol–water partition coefficient (Wildman–Crippen LogP) is 6.04. The molecule has 10 nitrogen and oxygen atoms in total. The summed E-state index contributed by atoms with van der Waals surface area (Å²) in [5.41, 5.74) is 12.8. The lowest BCUT2D eigenvalue weighted by molar-refractivity contribution is -0.253. The molecule has 0 aromatic carbocycles. The Bertz CT molecular complexity index is 1420. The van der Waals surface area contributed by atoms with Crippen LogP contribution in [0.2, 0.25) is 0 Å². The van der Waals surface area contributed by atoms with Crippen LogP contribution >= 0.6 is 0 Å². The van der Waals surface area contributed by atoms with Gasteiger partial charge in [-0.3, -0.25) is 4.79 Å². The maximum Gasteiger partial charge on any atom is 0.307 e. The fraction of sp³-hybridized carbons (Fsp3) is 0.892. The quantitative estimate of drug-likeness (QED) is 0.299. The molecule has 5 fully saturated rings. The van der Waals surface area contributed by atoms with Gasteiger partial charge in [0.1, 0.15) is 6.04 Å². The summed E-state index contributed by atoms with van der Waals surface area (Å²) in [6.07, 6.45) is 12.2. The average Bonchev–Trinajstić information content (AvgIpc) is 3.64. The highest BCUT2D eigenvalue weighted by Crippen LogP contribution is 2.75. The van der Waals surface area contributed by atoms with Crippen molar-refractivity contribution < 1.29 is 19.4 Å². The summed E-state index contributed by atoms with van der Waals surface area (Å²) >= 11 is 0. The lowest BCUT2D eigenvalue weighted by Crippen LogP contribution is -2.69. The van der Waals surface area contributed by atoms with Gasteiger partial charge >= 0.3 is 5.97 Å². The second kappa shape index (κ2) is 11.0. The minimum Gasteiger partial charge on any atom is -0.481 e. The molecule has 0 radical (unpaired) electrons. The van der Waals surface area contributed by atoms with Crippen molar-refractivity contribution in [3.8, 4) is 0 Å². The first kappa shape index (κ1) is 33.5. The molecule has 6 aliphatic rings. The van der Waals surface area contributed by atoms with Crippen LogP contribution in [0, 0.1) is 56.7 Å². The summed E-state index contributed by atoms with van der Waals surface area (Å²) in [5.74, 6) is 0.526. The normalized spacial score (nSPS) is 46.2. The number of aliphatic carboxylic acids is 1. The molecule has 5 N–H and O–H groups in total. The standard InChI is InChI=1S/C37H60N6O4/c1-22(2)23(3)32(4)16-17-34(6)24-10-11-27-33(5)19-46-21-37(27,25(24)12-15-35(34,7)28(32)30(44)45)18-26(43-41-31(38)40-42-43)29(33)47-20-36(39)13-8-9-14-36/h12,22-24,26-29H,8-11,13-21,39H2,1-7H3,(H2,38,41)(H,44,45)/t23-,24+,26-,27+,28-,29+,32-,33-,34-,35+,37+/m1/s1. The molecule has 10 heteroatoms. The SMILES string of the molecule is CC(C)[C@@H](C)[C@@]1(C)CC[C@]2(C)[C@H]3CC[C@@H]4[C@@]5(COC[C@@]4(C)[C@@H](OCC4(N)CCCC4)[C@H](n4nnc(N)n4)C5)C3=CC[C@@]2(C)[C@@H]1C(=O)O. The fourth-order valence-corrected chi connectivity index (χ4v) is 13.0. The van der Waals surface area contributed by atoms with Crippen LogP contribution in [0.15, 0.2) is 11.6 Å². The van der Waals surface area contributed by atoms with E-state index in [4.69, 9.17) is 20.9 Å². The molecule has 2 bridgehead atoms. The number of nitrogen functional groups attached to an aromatic ring is 1. The fourth-order valence-electron chi connectivity index (χ4n) is 13.0. The molecule has 0 spiro atoms. The molecular formula is C37H60N6O4. The Morgan fingerprint density at radius 3 is 2.45 bits per heavy atom. The van der Waals surface area contributed by atoms with Crippen LogP contribution in [0.3, 0.4) is 0 Å². The lowest BCUT2D eigenvalue weighted by Gasteiger charge is -2.71. The smallest absolute Gasteiger partial charge is 0.307 e. The summed E-state index contributed by atoms with van der Waals surface area (Å²) in [7, 11) is 0. The summed E-state index contributed by atoms with van der Waals surface area (Å²) in [5, 5.41) is 24.2. The van der Waals surface area contributed by atoms with Crippen molar-refractivity contribution in [2.75, 3.05) is 25.6 Å². The van der Waals surface area contributed by atoms with E-state index in [1.807, 2.05) is 0 Å². The van der Waals surface area contributed by atoms with Crippen molar-refractivity contribution in [1.82, 2.24) is 20.2 Å². The van der Waals surface area contributed by atoms with Gasteiger partial charge in [-0.15, -0.1) is 5.10 Å². The van der Waals surface area contributed by atoms with E-state index in [1.54, 1.807) is 4.80 Å². The van der Waals surface area contributed by atoms with E-state index in [9.17, 15) is 9.90 Å². The third-order valence-electron chi connectivity index (χ3n) is 16.0. The summed E-state index contributed by atoms with van der Waals surface area (Å²) in [4.78, 5) is 15.1. The molecule has 0 unspecified atom stereocenters. The second-order valence-electron chi connectivity index (χ2n) is 18.4. The van der Waals surface area contributed by atoms with Gasteiger partial charge in [-0.05, 0) is 96.5 Å². The van der Waals surface area contributed by atoms with Crippen LogP contribution in [-0.2, 0) is 14.3 Å². The predicted molar refractivity (Wildman–Crippen MR) is 180 cm³/mol.